The summed E-state index contributed by atoms with van der Waals surface area (Å²) in [5, 5.41) is 18.5. The number of hydrogen-bond acceptors (Lipinski definition) is 6. The van der Waals surface area contributed by atoms with Gasteiger partial charge in [-0.3, -0.25) is 15.4 Å². The van der Waals surface area contributed by atoms with Crippen LogP contribution in [0.4, 0.5) is 11.4 Å². The monoisotopic (exact) mass is 452 g/mol. The molecule has 1 aromatic carbocycles. The smallest absolute Gasteiger partial charge is 0.132 e. The number of amidine groups is 1. The zero-order chi connectivity index (χ0) is 24.2. The first-order chi connectivity index (χ1) is 16.0. The van der Waals surface area contributed by atoms with Gasteiger partial charge in [0.15, 0.2) is 0 Å². The minimum Gasteiger partial charge on any atom is -0.394 e. The van der Waals surface area contributed by atoms with Crippen molar-refractivity contribution in [3.05, 3.63) is 54.1 Å². The molecule has 0 aliphatic heterocycles. The van der Waals surface area contributed by atoms with Crippen LogP contribution in [0.2, 0.25) is 0 Å². The first kappa shape index (κ1) is 26.5. The van der Waals surface area contributed by atoms with Gasteiger partial charge in [-0.1, -0.05) is 25.3 Å². The molecule has 0 heterocycles. The van der Waals surface area contributed by atoms with Crippen LogP contribution in [0.25, 0.3) is 6.08 Å². The van der Waals surface area contributed by atoms with Crippen LogP contribution in [-0.2, 0) is 0 Å². The number of rotatable bonds is 12. The minimum atomic E-state index is -0.122. The minimum absolute atomic E-state index is 0.0356. The van der Waals surface area contributed by atoms with Crippen molar-refractivity contribution in [1.82, 2.24) is 10.4 Å². The Kier molecular flexibility index (Phi) is 11.0. The van der Waals surface area contributed by atoms with Crippen LogP contribution in [0.5, 0.6) is 0 Å². The number of nitrogens with one attached hydrogen (secondary N) is 3. The fourth-order valence-electron chi connectivity index (χ4n) is 4.11. The summed E-state index contributed by atoms with van der Waals surface area (Å²) in [6.45, 7) is 12.1. The van der Waals surface area contributed by atoms with E-state index in [2.05, 4.69) is 69.3 Å². The van der Waals surface area contributed by atoms with E-state index in [4.69, 9.17) is 0 Å². The van der Waals surface area contributed by atoms with Crippen molar-refractivity contribution in [1.29, 1.82) is 0 Å². The SMILES string of the molecule is C=Cc1cc(NC(=NC)C(=C)C2=CCC(CN(NC)C(C=NC)CO)CC2)ccc1NCC. The Balaban J connectivity index is 2.04. The predicted molar refractivity (Wildman–Crippen MR) is 143 cm³/mol. The fraction of sp³-hybridized carbons (Fsp3) is 0.462. The topological polar surface area (TPSA) is 84.3 Å². The van der Waals surface area contributed by atoms with Gasteiger partial charge >= 0.3 is 0 Å². The number of anilines is 2. The average molecular weight is 453 g/mol. The van der Waals surface area contributed by atoms with Gasteiger partial charge in [0.1, 0.15) is 5.84 Å². The molecule has 1 aliphatic carbocycles. The Morgan fingerprint density at radius 2 is 2.15 bits per heavy atom. The van der Waals surface area contributed by atoms with Crippen molar-refractivity contribution in [3.63, 3.8) is 0 Å². The molecule has 0 saturated heterocycles. The van der Waals surface area contributed by atoms with Gasteiger partial charge in [0.05, 0.1) is 12.6 Å². The molecule has 7 nitrogen and oxygen atoms in total. The molecule has 0 fully saturated rings. The van der Waals surface area contributed by atoms with E-state index in [-0.39, 0.29) is 12.6 Å². The lowest BCUT2D eigenvalue weighted by Crippen LogP contribution is -2.49. The molecule has 2 rings (SSSR count). The molecule has 1 aromatic rings. The Hall–Kier alpha value is -2.74. The third-order valence-electron chi connectivity index (χ3n) is 5.97. The highest BCUT2D eigenvalue weighted by atomic mass is 16.3. The standard InChI is InChI=1S/C26H40N6O/c1-7-21-15-23(13-14-25(21)30-8-2)31-26(28-5)19(3)22-11-9-20(10-12-22)17-32(29-6)24(18-33)16-27-4/h7,11,13-16,20,24,29-30,33H,1,3,8-10,12,17-18H2,2,4-6H3,(H,28,31). The molecule has 7 heteroatoms. The molecule has 33 heavy (non-hydrogen) atoms. The van der Waals surface area contributed by atoms with Crippen LogP contribution < -0.4 is 16.1 Å². The van der Waals surface area contributed by atoms with E-state index in [0.717, 1.165) is 60.7 Å². The molecule has 180 valence electrons. The van der Waals surface area contributed by atoms with E-state index in [0.29, 0.717) is 5.92 Å². The first-order valence-electron chi connectivity index (χ1n) is 11.6. The Labute approximate surface area is 199 Å². The van der Waals surface area contributed by atoms with Gasteiger partial charge in [-0.2, -0.15) is 0 Å². The average Bonchev–Trinajstić information content (AvgIpc) is 2.85. The van der Waals surface area contributed by atoms with Gasteiger partial charge in [-0.25, -0.2) is 5.01 Å². The van der Waals surface area contributed by atoms with E-state index in [1.165, 1.54) is 5.57 Å². The number of hydrogen-bond donors (Lipinski definition) is 4. The highest BCUT2D eigenvalue weighted by Gasteiger charge is 2.23. The molecular weight excluding hydrogens is 412 g/mol. The highest BCUT2D eigenvalue weighted by molar-refractivity contribution is 6.10. The summed E-state index contributed by atoms with van der Waals surface area (Å²) in [7, 11) is 5.40. The maximum Gasteiger partial charge on any atom is 0.132 e. The lowest BCUT2D eigenvalue weighted by molar-refractivity contribution is 0.104. The van der Waals surface area contributed by atoms with Crippen molar-refractivity contribution >= 4 is 29.5 Å². The second-order valence-electron chi connectivity index (χ2n) is 8.12. The van der Waals surface area contributed by atoms with Crippen LogP contribution in [0.1, 0.15) is 31.7 Å². The molecule has 2 unspecified atom stereocenters. The lowest BCUT2D eigenvalue weighted by Gasteiger charge is -2.32. The molecule has 2 atom stereocenters. The van der Waals surface area contributed by atoms with Crippen molar-refractivity contribution < 1.29 is 5.11 Å². The summed E-state index contributed by atoms with van der Waals surface area (Å²) in [4.78, 5) is 8.54. The number of aliphatic imine (C=N–C) groups is 2. The van der Waals surface area contributed by atoms with Gasteiger partial charge in [0.2, 0.25) is 0 Å². The number of allylic oxidation sites excluding steroid dienone is 1. The largest absolute Gasteiger partial charge is 0.394 e. The van der Waals surface area contributed by atoms with Gasteiger partial charge < -0.3 is 15.7 Å². The fourth-order valence-corrected chi connectivity index (χ4v) is 4.11. The maximum absolute atomic E-state index is 9.66. The zero-order valence-corrected chi connectivity index (χ0v) is 20.6. The van der Waals surface area contributed by atoms with Crippen molar-refractivity contribution in [2.45, 2.75) is 32.2 Å². The molecule has 4 N–H and O–H groups in total. The van der Waals surface area contributed by atoms with Crippen LogP contribution >= 0.6 is 0 Å². The first-order valence-corrected chi connectivity index (χ1v) is 11.6. The molecule has 0 bridgehead atoms. The summed E-state index contributed by atoms with van der Waals surface area (Å²) >= 11 is 0. The van der Waals surface area contributed by atoms with Crippen LogP contribution in [-0.4, -0.2) is 69.0 Å². The third-order valence-corrected chi connectivity index (χ3v) is 5.97. The highest BCUT2D eigenvalue weighted by Crippen LogP contribution is 2.29. The molecule has 1 aliphatic rings. The normalized spacial score (nSPS) is 17.7. The maximum atomic E-state index is 9.66. The summed E-state index contributed by atoms with van der Waals surface area (Å²) in [5.74, 6) is 1.28. The van der Waals surface area contributed by atoms with E-state index < -0.39 is 0 Å². The molecule has 0 amide bonds. The summed E-state index contributed by atoms with van der Waals surface area (Å²) in [6, 6.07) is 6.04. The lowest BCUT2D eigenvalue weighted by atomic mass is 9.86. The number of hydrazine groups is 1. The predicted octanol–water partition coefficient (Wildman–Crippen LogP) is 3.98. The van der Waals surface area contributed by atoms with Crippen molar-refractivity contribution in [3.8, 4) is 0 Å². The van der Waals surface area contributed by atoms with E-state index in [1.807, 2.05) is 19.2 Å². The van der Waals surface area contributed by atoms with Gasteiger partial charge in [-0.05, 0) is 68.5 Å². The van der Waals surface area contributed by atoms with Gasteiger partial charge in [-0.15, -0.1) is 0 Å². The van der Waals surface area contributed by atoms with Gasteiger partial charge in [0, 0.05) is 50.3 Å². The van der Waals surface area contributed by atoms with Crippen LogP contribution in [0.15, 0.2) is 58.6 Å². The number of nitrogens with zero attached hydrogens (tertiary/aromatic N) is 3. The second kappa shape index (κ2) is 13.7. The van der Waals surface area contributed by atoms with Gasteiger partial charge in [0.25, 0.3) is 0 Å². The summed E-state index contributed by atoms with van der Waals surface area (Å²) < 4.78 is 0. The van der Waals surface area contributed by atoms with Crippen molar-refractivity contribution in [2.24, 2.45) is 15.9 Å². The molecule has 0 aromatic heterocycles. The Bertz CT molecular complexity index is 889. The quantitative estimate of drug-likeness (QED) is 0.219. The Morgan fingerprint density at radius 1 is 1.36 bits per heavy atom. The van der Waals surface area contributed by atoms with Crippen LogP contribution in [0.3, 0.4) is 0 Å². The van der Waals surface area contributed by atoms with E-state index in [1.54, 1.807) is 20.3 Å². The van der Waals surface area contributed by atoms with E-state index in [9.17, 15) is 5.11 Å². The molecule has 0 spiro atoms. The second-order valence-corrected chi connectivity index (χ2v) is 8.12. The van der Waals surface area contributed by atoms with Crippen LogP contribution in [0, 0.1) is 5.92 Å². The number of benzene rings is 1. The molecule has 0 radical (unpaired) electrons. The third kappa shape index (κ3) is 7.39. The van der Waals surface area contributed by atoms with E-state index >= 15 is 0 Å². The zero-order valence-electron chi connectivity index (χ0n) is 20.6. The van der Waals surface area contributed by atoms with Crippen molar-refractivity contribution in [2.75, 3.05) is 51.5 Å². The number of aliphatic hydroxyl groups is 1. The molecule has 0 saturated carbocycles. The summed E-state index contributed by atoms with van der Waals surface area (Å²) in [5.41, 5.74) is 8.44. The molecular formula is C26H40N6O. The summed E-state index contributed by atoms with van der Waals surface area (Å²) in [6.07, 6.45) is 8.88. The Morgan fingerprint density at radius 3 is 2.70 bits per heavy atom. The number of aliphatic hydroxyl groups excluding tert-OH is 1.